The molecular weight excluding hydrogens is 198 g/mol. The number of carbonyl (C=O) groups is 1. The molecule has 2 aliphatic carbocycles. The maximum Gasteiger partial charge on any atom is 0.223 e. The Morgan fingerprint density at radius 1 is 1.38 bits per heavy atom. The van der Waals surface area contributed by atoms with Gasteiger partial charge in [-0.15, -0.1) is 0 Å². The maximum atomic E-state index is 11.7. The minimum absolute atomic E-state index is 0.294. The predicted octanol–water partition coefficient (Wildman–Crippen LogP) is 3.04. The number of allylic oxidation sites excluding steroid dienone is 2. The molecular formula is C14H23NO. The summed E-state index contributed by atoms with van der Waals surface area (Å²) in [6.45, 7) is 2.23. The first-order chi connectivity index (χ1) is 7.81. The number of rotatable bonds is 7. The molecule has 1 amide bonds. The fourth-order valence-electron chi connectivity index (χ4n) is 2.05. The lowest BCUT2D eigenvalue weighted by atomic mass is 10.2. The summed E-state index contributed by atoms with van der Waals surface area (Å²) in [5.41, 5.74) is 0. The first-order valence-electron chi connectivity index (χ1n) is 6.78. The molecule has 90 valence electrons. The summed E-state index contributed by atoms with van der Waals surface area (Å²) in [6, 6.07) is 0.516. The van der Waals surface area contributed by atoms with Gasteiger partial charge in [-0.3, -0.25) is 4.79 Å². The molecule has 2 saturated carbocycles. The molecule has 0 radical (unpaired) electrons. The first-order valence-corrected chi connectivity index (χ1v) is 6.78. The molecule has 2 heteroatoms. The molecule has 2 rings (SSSR count). The van der Waals surface area contributed by atoms with E-state index in [1.165, 1.54) is 38.5 Å². The van der Waals surface area contributed by atoms with Crippen molar-refractivity contribution >= 4 is 5.91 Å². The van der Waals surface area contributed by atoms with Crippen LogP contribution in [0.5, 0.6) is 0 Å². The van der Waals surface area contributed by atoms with Crippen LogP contribution in [0.1, 0.15) is 51.9 Å². The van der Waals surface area contributed by atoms with Gasteiger partial charge in [0.15, 0.2) is 0 Å². The predicted molar refractivity (Wildman–Crippen MR) is 66.0 cm³/mol. The summed E-state index contributed by atoms with van der Waals surface area (Å²) in [5, 5.41) is 3.08. The Morgan fingerprint density at radius 2 is 2.19 bits per heavy atom. The van der Waals surface area contributed by atoms with E-state index in [9.17, 15) is 4.79 Å². The van der Waals surface area contributed by atoms with Gasteiger partial charge in [0.05, 0.1) is 0 Å². The minimum Gasteiger partial charge on any atom is -0.353 e. The second kappa shape index (κ2) is 5.51. The van der Waals surface area contributed by atoms with Gasteiger partial charge in [0, 0.05) is 12.0 Å². The van der Waals surface area contributed by atoms with Crippen molar-refractivity contribution in [3.05, 3.63) is 12.2 Å². The Bertz CT molecular complexity index is 268. The van der Waals surface area contributed by atoms with Crippen molar-refractivity contribution < 1.29 is 4.79 Å². The van der Waals surface area contributed by atoms with Gasteiger partial charge >= 0.3 is 0 Å². The fourth-order valence-corrected chi connectivity index (χ4v) is 2.05. The van der Waals surface area contributed by atoms with Crippen LogP contribution in [0.2, 0.25) is 0 Å². The Hall–Kier alpha value is -0.790. The molecule has 2 fully saturated rings. The zero-order valence-corrected chi connectivity index (χ0v) is 10.2. The van der Waals surface area contributed by atoms with Crippen molar-refractivity contribution in [1.82, 2.24) is 5.32 Å². The van der Waals surface area contributed by atoms with Crippen LogP contribution in [-0.4, -0.2) is 11.9 Å². The van der Waals surface area contributed by atoms with Crippen LogP contribution in [0.25, 0.3) is 0 Å². The lowest BCUT2D eigenvalue weighted by Crippen LogP contribution is -2.27. The highest BCUT2D eigenvalue weighted by Crippen LogP contribution is 2.40. The molecule has 2 aliphatic rings. The monoisotopic (exact) mass is 221 g/mol. The Labute approximate surface area is 98.5 Å². The van der Waals surface area contributed by atoms with E-state index in [1.54, 1.807) is 0 Å². The average Bonchev–Trinajstić information content (AvgIpc) is 3.11. The standard InChI is InChI=1S/C14H23NO/c1-2-3-4-5-6-7-11-10-13(11)14(16)15-12-8-9-12/h6-7,11-13H,2-5,8-10H2,1H3,(H,15,16)/b7-6-/t11-,13+/m1/s1. The molecule has 0 unspecified atom stereocenters. The molecule has 2 nitrogen and oxygen atoms in total. The van der Waals surface area contributed by atoms with Crippen molar-refractivity contribution in [3.63, 3.8) is 0 Å². The first kappa shape index (κ1) is 11.7. The smallest absolute Gasteiger partial charge is 0.223 e. The Morgan fingerprint density at radius 3 is 2.88 bits per heavy atom. The van der Waals surface area contributed by atoms with Gasteiger partial charge in [-0.05, 0) is 38.0 Å². The highest BCUT2D eigenvalue weighted by molar-refractivity contribution is 5.82. The van der Waals surface area contributed by atoms with Crippen molar-refractivity contribution in [1.29, 1.82) is 0 Å². The topological polar surface area (TPSA) is 29.1 Å². The van der Waals surface area contributed by atoms with E-state index in [4.69, 9.17) is 0 Å². The third-order valence-corrected chi connectivity index (χ3v) is 3.46. The second-order valence-corrected chi connectivity index (χ2v) is 5.21. The summed E-state index contributed by atoms with van der Waals surface area (Å²) in [7, 11) is 0. The molecule has 0 aromatic heterocycles. The number of hydrogen-bond donors (Lipinski definition) is 1. The van der Waals surface area contributed by atoms with Gasteiger partial charge in [0.2, 0.25) is 5.91 Å². The summed E-state index contributed by atoms with van der Waals surface area (Å²) in [5.74, 6) is 1.13. The molecule has 0 bridgehead atoms. The summed E-state index contributed by atoms with van der Waals surface area (Å²) < 4.78 is 0. The molecule has 0 spiro atoms. The molecule has 0 aromatic rings. The second-order valence-electron chi connectivity index (χ2n) is 5.21. The SMILES string of the molecule is CCCCC/C=C\[C@@H]1C[C@@H]1C(=O)NC1CC1. The molecule has 16 heavy (non-hydrogen) atoms. The van der Waals surface area contributed by atoms with E-state index in [-0.39, 0.29) is 0 Å². The van der Waals surface area contributed by atoms with Crippen LogP contribution in [0.15, 0.2) is 12.2 Å². The van der Waals surface area contributed by atoms with E-state index in [0.29, 0.717) is 23.8 Å². The maximum absolute atomic E-state index is 11.7. The zero-order chi connectivity index (χ0) is 11.4. The number of carbonyl (C=O) groups excluding carboxylic acids is 1. The zero-order valence-electron chi connectivity index (χ0n) is 10.2. The summed E-state index contributed by atoms with van der Waals surface area (Å²) >= 11 is 0. The number of unbranched alkanes of at least 4 members (excludes halogenated alkanes) is 3. The van der Waals surface area contributed by atoms with Gasteiger partial charge in [-0.25, -0.2) is 0 Å². The molecule has 1 N–H and O–H groups in total. The molecule has 0 aromatic carbocycles. The Kier molecular flexibility index (Phi) is 4.03. The quantitative estimate of drug-likeness (QED) is 0.519. The summed E-state index contributed by atoms with van der Waals surface area (Å²) in [6.07, 6.45) is 13.1. The molecule has 0 saturated heterocycles. The largest absolute Gasteiger partial charge is 0.353 e. The molecule has 2 atom stereocenters. The average molecular weight is 221 g/mol. The fraction of sp³-hybridized carbons (Fsp3) is 0.786. The highest BCUT2D eigenvalue weighted by atomic mass is 16.2. The van der Waals surface area contributed by atoms with Gasteiger partial charge < -0.3 is 5.32 Å². The number of amides is 1. The van der Waals surface area contributed by atoms with Gasteiger partial charge in [0.25, 0.3) is 0 Å². The van der Waals surface area contributed by atoms with Crippen LogP contribution < -0.4 is 5.32 Å². The van der Waals surface area contributed by atoms with Crippen LogP contribution in [0.3, 0.4) is 0 Å². The highest BCUT2D eigenvalue weighted by Gasteiger charge is 2.42. The number of nitrogens with one attached hydrogen (secondary N) is 1. The molecule has 0 heterocycles. The minimum atomic E-state index is 0.294. The van der Waals surface area contributed by atoms with E-state index < -0.39 is 0 Å². The van der Waals surface area contributed by atoms with Crippen molar-refractivity contribution in [2.45, 2.75) is 57.9 Å². The lowest BCUT2D eigenvalue weighted by Gasteiger charge is -2.00. The number of hydrogen-bond acceptors (Lipinski definition) is 1. The van der Waals surface area contributed by atoms with E-state index in [0.717, 1.165) is 6.42 Å². The Balaban J connectivity index is 1.57. The van der Waals surface area contributed by atoms with Gasteiger partial charge in [-0.1, -0.05) is 31.9 Å². The van der Waals surface area contributed by atoms with E-state index in [2.05, 4.69) is 24.4 Å². The van der Waals surface area contributed by atoms with E-state index >= 15 is 0 Å². The van der Waals surface area contributed by atoms with Crippen molar-refractivity contribution in [2.24, 2.45) is 11.8 Å². The summed E-state index contributed by atoms with van der Waals surface area (Å²) in [4.78, 5) is 11.7. The lowest BCUT2D eigenvalue weighted by molar-refractivity contribution is -0.122. The van der Waals surface area contributed by atoms with Crippen LogP contribution in [-0.2, 0) is 4.79 Å². The van der Waals surface area contributed by atoms with Crippen LogP contribution in [0.4, 0.5) is 0 Å². The van der Waals surface area contributed by atoms with Crippen molar-refractivity contribution in [2.75, 3.05) is 0 Å². The molecule has 0 aliphatic heterocycles. The van der Waals surface area contributed by atoms with E-state index in [1.807, 2.05) is 0 Å². The van der Waals surface area contributed by atoms with Gasteiger partial charge in [-0.2, -0.15) is 0 Å². The van der Waals surface area contributed by atoms with Crippen LogP contribution >= 0.6 is 0 Å². The third-order valence-electron chi connectivity index (χ3n) is 3.46. The normalized spacial score (nSPS) is 28.3. The third kappa shape index (κ3) is 3.66. The van der Waals surface area contributed by atoms with Gasteiger partial charge in [0.1, 0.15) is 0 Å². The van der Waals surface area contributed by atoms with Crippen molar-refractivity contribution in [3.8, 4) is 0 Å². The van der Waals surface area contributed by atoms with Crippen LogP contribution in [0, 0.1) is 11.8 Å².